The van der Waals surface area contributed by atoms with Crippen LogP contribution in [0.15, 0.2) is 77.7 Å². The third kappa shape index (κ3) is 3.94. The van der Waals surface area contributed by atoms with Crippen molar-refractivity contribution in [3.05, 3.63) is 95.3 Å². The number of benzene rings is 3. The number of hydrogen-bond acceptors (Lipinski definition) is 2. The van der Waals surface area contributed by atoms with Crippen LogP contribution in [0.1, 0.15) is 16.7 Å². The fraction of sp³-hybridized carbons (Fsp3) is 0.143. The molecule has 0 atom stereocenters. The van der Waals surface area contributed by atoms with Crippen molar-refractivity contribution >= 4 is 15.7 Å². The van der Waals surface area contributed by atoms with Gasteiger partial charge in [0, 0.05) is 0 Å². The van der Waals surface area contributed by atoms with Gasteiger partial charge in [-0.2, -0.15) is 0 Å². The largest absolute Gasteiger partial charge is 0.264 e. The molecule has 0 spiro atoms. The number of halogens is 1. The molecule has 0 bridgehead atoms. The molecule has 3 aromatic rings. The highest BCUT2D eigenvalue weighted by molar-refractivity contribution is 7.92. The Kier molecular flexibility index (Phi) is 5.09. The molecule has 26 heavy (non-hydrogen) atoms. The van der Waals surface area contributed by atoms with Crippen LogP contribution in [0.5, 0.6) is 0 Å². The first-order valence-corrected chi connectivity index (χ1v) is 9.71. The fourth-order valence-corrected chi connectivity index (χ4v) is 4.20. The predicted octanol–water partition coefficient (Wildman–Crippen LogP) is 4.84. The quantitative estimate of drug-likeness (QED) is 0.645. The maximum Gasteiger partial charge on any atom is 0.264 e. The van der Waals surface area contributed by atoms with Crippen molar-refractivity contribution < 1.29 is 12.8 Å². The van der Waals surface area contributed by atoms with Crippen LogP contribution in [0.2, 0.25) is 0 Å². The molecule has 0 fully saturated rings. The Bertz CT molecular complexity index is 1010. The van der Waals surface area contributed by atoms with Gasteiger partial charge in [0.15, 0.2) is 0 Å². The van der Waals surface area contributed by atoms with Crippen LogP contribution in [-0.4, -0.2) is 8.42 Å². The lowest BCUT2D eigenvalue weighted by atomic mass is 10.1. The van der Waals surface area contributed by atoms with Gasteiger partial charge in [0.25, 0.3) is 10.0 Å². The van der Waals surface area contributed by atoms with E-state index in [9.17, 15) is 12.8 Å². The Hall–Kier alpha value is -2.66. The molecule has 0 unspecified atom stereocenters. The van der Waals surface area contributed by atoms with Gasteiger partial charge in [-0.3, -0.25) is 4.31 Å². The van der Waals surface area contributed by atoms with Crippen LogP contribution in [0, 0.1) is 19.7 Å². The molecule has 0 heterocycles. The summed E-state index contributed by atoms with van der Waals surface area (Å²) in [6.07, 6.45) is 0. The number of rotatable bonds is 5. The van der Waals surface area contributed by atoms with Crippen molar-refractivity contribution in [1.29, 1.82) is 0 Å². The van der Waals surface area contributed by atoms with Crippen molar-refractivity contribution in [3.63, 3.8) is 0 Å². The molecule has 3 aromatic carbocycles. The van der Waals surface area contributed by atoms with Gasteiger partial charge in [-0.05, 0) is 49.7 Å². The van der Waals surface area contributed by atoms with Gasteiger partial charge < -0.3 is 0 Å². The van der Waals surface area contributed by atoms with E-state index in [0.717, 1.165) is 16.7 Å². The Morgan fingerprint density at radius 2 is 1.54 bits per heavy atom. The Morgan fingerprint density at radius 3 is 2.19 bits per heavy atom. The number of nitrogens with zero attached hydrogens (tertiary/aromatic N) is 1. The van der Waals surface area contributed by atoms with Gasteiger partial charge >= 0.3 is 0 Å². The second-order valence-electron chi connectivity index (χ2n) is 6.29. The molecule has 3 nitrogen and oxygen atoms in total. The van der Waals surface area contributed by atoms with Crippen LogP contribution in [0.4, 0.5) is 10.1 Å². The van der Waals surface area contributed by atoms with Crippen molar-refractivity contribution in [2.24, 2.45) is 0 Å². The van der Waals surface area contributed by atoms with Crippen LogP contribution in [-0.2, 0) is 16.6 Å². The van der Waals surface area contributed by atoms with E-state index in [2.05, 4.69) is 0 Å². The van der Waals surface area contributed by atoms with E-state index >= 15 is 0 Å². The summed E-state index contributed by atoms with van der Waals surface area (Å²) < 4.78 is 41.5. The first-order chi connectivity index (χ1) is 12.4. The summed E-state index contributed by atoms with van der Waals surface area (Å²) in [6, 6.07) is 19.9. The van der Waals surface area contributed by atoms with Gasteiger partial charge in [0.1, 0.15) is 5.82 Å². The molecule has 0 amide bonds. The number of sulfonamides is 1. The van der Waals surface area contributed by atoms with Gasteiger partial charge in [0.2, 0.25) is 0 Å². The van der Waals surface area contributed by atoms with E-state index in [4.69, 9.17) is 0 Å². The maximum absolute atomic E-state index is 13.8. The number of aryl methyl sites for hydroxylation is 2. The van der Waals surface area contributed by atoms with Crippen LogP contribution >= 0.6 is 0 Å². The molecule has 0 N–H and O–H groups in total. The highest BCUT2D eigenvalue weighted by Gasteiger charge is 2.25. The van der Waals surface area contributed by atoms with Crippen molar-refractivity contribution in [2.75, 3.05) is 4.31 Å². The van der Waals surface area contributed by atoms with Gasteiger partial charge in [-0.25, -0.2) is 12.8 Å². The summed E-state index contributed by atoms with van der Waals surface area (Å²) >= 11 is 0. The topological polar surface area (TPSA) is 37.4 Å². The third-order valence-electron chi connectivity index (χ3n) is 4.11. The highest BCUT2D eigenvalue weighted by Crippen LogP contribution is 2.27. The molecule has 0 aliphatic carbocycles. The smallest absolute Gasteiger partial charge is 0.262 e. The molecular weight excluding hydrogens is 349 g/mol. The molecular formula is C21H20FNO2S. The highest BCUT2D eigenvalue weighted by atomic mass is 32.2. The molecule has 0 aliphatic rings. The summed E-state index contributed by atoms with van der Waals surface area (Å²) in [6.45, 7) is 3.97. The second-order valence-corrected chi connectivity index (χ2v) is 8.16. The Labute approximate surface area is 153 Å². The van der Waals surface area contributed by atoms with Crippen molar-refractivity contribution in [2.45, 2.75) is 25.3 Å². The zero-order valence-electron chi connectivity index (χ0n) is 14.7. The van der Waals surface area contributed by atoms with Gasteiger partial charge in [0.05, 0.1) is 17.1 Å². The van der Waals surface area contributed by atoms with Crippen LogP contribution < -0.4 is 4.31 Å². The zero-order valence-corrected chi connectivity index (χ0v) is 15.5. The minimum absolute atomic E-state index is 0.126. The van der Waals surface area contributed by atoms with Crippen LogP contribution in [0.25, 0.3) is 0 Å². The van der Waals surface area contributed by atoms with Gasteiger partial charge in [-0.1, -0.05) is 53.6 Å². The fourth-order valence-electron chi connectivity index (χ4n) is 2.76. The summed E-state index contributed by atoms with van der Waals surface area (Å²) in [5.74, 6) is -0.476. The molecule has 0 aliphatic heterocycles. The Morgan fingerprint density at radius 1 is 0.846 bits per heavy atom. The molecule has 0 saturated carbocycles. The minimum Gasteiger partial charge on any atom is -0.262 e. The van der Waals surface area contributed by atoms with Crippen LogP contribution in [0.3, 0.4) is 0 Å². The van der Waals surface area contributed by atoms with E-state index in [1.54, 1.807) is 30.3 Å². The number of hydrogen-bond donors (Lipinski definition) is 0. The lowest BCUT2D eigenvalue weighted by molar-refractivity contribution is 0.590. The molecule has 134 valence electrons. The lowest BCUT2D eigenvalue weighted by Gasteiger charge is -2.25. The summed E-state index contributed by atoms with van der Waals surface area (Å²) in [7, 11) is -3.83. The minimum atomic E-state index is -3.83. The molecule has 0 radical (unpaired) electrons. The van der Waals surface area contributed by atoms with E-state index in [1.807, 2.05) is 38.1 Å². The summed E-state index contributed by atoms with van der Waals surface area (Å²) in [5.41, 5.74) is 3.14. The average molecular weight is 369 g/mol. The zero-order chi connectivity index (χ0) is 18.7. The molecule has 0 aromatic heterocycles. The summed E-state index contributed by atoms with van der Waals surface area (Å²) in [4.78, 5) is 0.181. The van der Waals surface area contributed by atoms with E-state index in [-0.39, 0.29) is 11.4 Å². The standard InChI is InChI=1S/C21H20FNO2S/c1-16-9-11-21(12-10-16)26(24,25)23(20-8-4-7-19(22)14-20)15-18-6-3-5-17(2)13-18/h3-14H,15H2,1-2H3. The molecule has 5 heteroatoms. The van der Waals surface area contributed by atoms with Gasteiger partial charge in [-0.15, -0.1) is 0 Å². The normalized spacial score (nSPS) is 11.3. The maximum atomic E-state index is 13.8. The Balaban J connectivity index is 2.09. The molecule has 3 rings (SSSR count). The molecule has 0 saturated heterocycles. The predicted molar refractivity (Wildman–Crippen MR) is 102 cm³/mol. The monoisotopic (exact) mass is 369 g/mol. The SMILES string of the molecule is Cc1ccc(S(=O)(=O)N(Cc2cccc(C)c2)c2cccc(F)c2)cc1. The van der Waals surface area contributed by atoms with Crippen molar-refractivity contribution in [3.8, 4) is 0 Å². The average Bonchev–Trinajstić information content (AvgIpc) is 2.60. The third-order valence-corrected chi connectivity index (χ3v) is 5.90. The first-order valence-electron chi connectivity index (χ1n) is 8.27. The number of anilines is 1. The lowest BCUT2D eigenvalue weighted by Crippen LogP contribution is -2.30. The second kappa shape index (κ2) is 7.30. The van der Waals surface area contributed by atoms with Crippen molar-refractivity contribution in [1.82, 2.24) is 0 Å². The van der Waals surface area contributed by atoms with E-state index < -0.39 is 15.8 Å². The van der Waals surface area contributed by atoms with E-state index in [0.29, 0.717) is 5.69 Å². The van der Waals surface area contributed by atoms with E-state index in [1.165, 1.54) is 22.5 Å². The summed E-state index contributed by atoms with van der Waals surface area (Å²) in [5, 5.41) is 0. The first kappa shape index (κ1) is 18.1.